The lowest BCUT2D eigenvalue weighted by Gasteiger charge is -2.38. The zero-order chi connectivity index (χ0) is 20.6. The Morgan fingerprint density at radius 1 is 1.10 bits per heavy atom. The fraction of sp³-hybridized carbons (Fsp3) is 0.667. The fourth-order valence-electron chi connectivity index (χ4n) is 5.80. The Balaban J connectivity index is 1.42. The topological polar surface area (TPSA) is 64.6 Å². The van der Waals surface area contributed by atoms with Crippen molar-refractivity contribution in [3.8, 4) is 0 Å². The summed E-state index contributed by atoms with van der Waals surface area (Å²) in [5.41, 5.74) is 0.225. The van der Waals surface area contributed by atoms with Gasteiger partial charge >= 0.3 is 12.1 Å². The van der Waals surface area contributed by atoms with Gasteiger partial charge in [-0.05, 0) is 89.0 Å². The second-order valence-electron chi connectivity index (χ2n) is 10.3. The summed E-state index contributed by atoms with van der Waals surface area (Å²) in [5.74, 6) is 1.85. The van der Waals surface area contributed by atoms with E-state index < -0.39 is 17.7 Å². The predicted octanol–water partition coefficient (Wildman–Crippen LogP) is 4.63. The molecule has 2 unspecified atom stereocenters. The lowest BCUT2D eigenvalue weighted by Crippen LogP contribution is -2.48. The highest BCUT2D eigenvalue weighted by atomic mass is 16.6. The number of hydrogen-bond donors (Lipinski definition) is 1. The predicted molar refractivity (Wildman–Crippen MR) is 110 cm³/mol. The lowest BCUT2D eigenvalue weighted by molar-refractivity contribution is -0.167. The van der Waals surface area contributed by atoms with Gasteiger partial charge in [-0.25, -0.2) is 9.59 Å². The van der Waals surface area contributed by atoms with Gasteiger partial charge in [-0.3, -0.25) is 0 Å². The van der Waals surface area contributed by atoms with Crippen LogP contribution in [0, 0.1) is 17.8 Å². The minimum atomic E-state index is -0.697. The van der Waals surface area contributed by atoms with Gasteiger partial charge in [0.05, 0.1) is 0 Å². The number of esters is 1. The molecule has 5 nitrogen and oxygen atoms in total. The molecule has 1 N–H and O–H groups in total. The molecule has 5 rings (SSSR count). The molecule has 29 heavy (non-hydrogen) atoms. The number of carbonyl (C=O) groups excluding carboxylic acids is 2. The minimum Gasteiger partial charge on any atom is -0.458 e. The van der Waals surface area contributed by atoms with Gasteiger partial charge in [-0.2, -0.15) is 0 Å². The van der Waals surface area contributed by atoms with E-state index in [4.69, 9.17) is 9.47 Å². The third-order valence-corrected chi connectivity index (χ3v) is 6.73. The number of alkyl carbamates (subject to hydrolysis) is 1. The molecule has 0 aromatic heterocycles. The molecule has 1 amide bonds. The maximum atomic E-state index is 13.1. The highest BCUT2D eigenvalue weighted by Gasteiger charge is 2.58. The van der Waals surface area contributed by atoms with Crippen molar-refractivity contribution >= 4 is 12.1 Å². The van der Waals surface area contributed by atoms with Gasteiger partial charge < -0.3 is 14.8 Å². The second kappa shape index (κ2) is 7.66. The summed E-state index contributed by atoms with van der Waals surface area (Å²) in [5, 5.41) is 2.77. The summed E-state index contributed by atoms with van der Waals surface area (Å²) in [6, 6.07) is 9.30. The molecule has 0 radical (unpaired) electrons. The van der Waals surface area contributed by atoms with Crippen molar-refractivity contribution in [2.75, 3.05) is 0 Å². The first kappa shape index (κ1) is 20.2. The highest BCUT2D eigenvalue weighted by molar-refractivity contribution is 5.81. The monoisotopic (exact) mass is 399 g/mol. The second-order valence-corrected chi connectivity index (χ2v) is 10.3. The molecule has 1 aromatic rings. The van der Waals surface area contributed by atoms with Gasteiger partial charge in [0.25, 0.3) is 0 Å². The van der Waals surface area contributed by atoms with Crippen LogP contribution in [0.5, 0.6) is 0 Å². The van der Waals surface area contributed by atoms with Crippen LogP contribution in [0.2, 0.25) is 0 Å². The van der Waals surface area contributed by atoms with Crippen LogP contribution in [0.25, 0.3) is 0 Å². The Labute approximate surface area is 173 Å². The van der Waals surface area contributed by atoms with E-state index in [0.29, 0.717) is 18.8 Å². The largest absolute Gasteiger partial charge is 0.458 e. The molecule has 0 spiro atoms. The summed E-state index contributed by atoms with van der Waals surface area (Å²) in [7, 11) is 0. The van der Waals surface area contributed by atoms with Gasteiger partial charge in [0, 0.05) is 0 Å². The molecule has 3 atom stereocenters. The fourth-order valence-corrected chi connectivity index (χ4v) is 5.80. The Hall–Kier alpha value is -2.04. The molecule has 1 aromatic carbocycles. The van der Waals surface area contributed by atoms with Crippen LogP contribution in [0.4, 0.5) is 4.79 Å². The van der Waals surface area contributed by atoms with Crippen molar-refractivity contribution in [3.05, 3.63) is 35.9 Å². The van der Waals surface area contributed by atoms with E-state index in [0.717, 1.165) is 36.7 Å². The van der Waals surface area contributed by atoms with Crippen LogP contribution in [-0.2, 0) is 20.7 Å². The van der Waals surface area contributed by atoms with Crippen LogP contribution in [0.3, 0.4) is 0 Å². The van der Waals surface area contributed by atoms with E-state index in [1.54, 1.807) is 0 Å². The van der Waals surface area contributed by atoms with Gasteiger partial charge in [0.1, 0.15) is 17.2 Å². The number of hydrogen-bond acceptors (Lipinski definition) is 4. The number of benzene rings is 1. The SMILES string of the molecule is CC(C)(C)OC(=O)N[C@@H](CCc1ccccc1)C(=O)OC12CC3CC(C1)C(C3)C2. The number of amides is 1. The normalized spacial score (nSPS) is 30.8. The van der Waals surface area contributed by atoms with Crippen LogP contribution in [-0.4, -0.2) is 29.3 Å². The number of carbonyl (C=O) groups is 2. The Morgan fingerprint density at radius 3 is 2.34 bits per heavy atom. The quantitative estimate of drug-likeness (QED) is 0.708. The molecular formula is C24H33NO4. The highest BCUT2D eigenvalue weighted by Crippen LogP contribution is 2.61. The average molecular weight is 400 g/mol. The molecule has 0 heterocycles. The molecule has 0 aliphatic heterocycles. The number of rotatable bonds is 6. The maximum Gasteiger partial charge on any atom is 0.408 e. The summed E-state index contributed by atoms with van der Waals surface area (Å²) >= 11 is 0. The van der Waals surface area contributed by atoms with Crippen molar-refractivity contribution < 1.29 is 19.1 Å². The standard InChI is InChI=1S/C24H33NO4/c1-23(2,3)29-22(27)25-20(10-9-16-7-5-4-6-8-16)21(26)28-24-13-17-11-18(14-24)19(12-17)15-24/h4-8,17-20H,9-15H2,1-3H3,(H,25,27)/t17?,18?,19?,20-,24?/m0/s1. The van der Waals surface area contributed by atoms with E-state index in [9.17, 15) is 9.59 Å². The zero-order valence-electron chi connectivity index (χ0n) is 17.8. The van der Waals surface area contributed by atoms with Crippen molar-refractivity contribution in [3.63, 3.8) is 0 Å². The van der Waals surface area contributed by atoms with Gasteiger partial charge in [0.15, 0.2) is 0 Å². The Kier molecular flexibility index (Phi) is 5.34. The van der Waals surface area contributed by atoms with Gasteiger partial charge in [-0.15, -0.1) is 0 Å². The number of nitrogens with one attached hydrogen (secondary N) is 1. The number of ether oxygens (including phenoxy) is 2. The smallest absolute Gasteiger partial charge is 0.408 e. The third kappa shape index (κ3) is 4.76. The first-order valence-electron chi connectivity index (χ1n) is 11.0. The van der Waals surface area contributed by atoms with Gasteiger partial charge in [-0.1, -0.05) is 30.3 Å². The minimum absolute atomic E-state index is 0.297. The summed E-state index contributed by atoms with van der Waals surface area (Å²) in [6.45, 7) is 5.45. The lowest BCUT2D eigenvalue weighted by atomic mass is 9.78. The van der Waals surface area contributed by atoms with E-state index in [-0.39, 0.29) is 11.6 Å². The van der Waals surface area contributed by atoms with Crippen LogP contribution >= 0.6 is 0 Å². The zero-order valence-corrected chi connectivity index (χ0v) is 17.8. The molecule has 5 heteroatoms. The molecule has 4 saturated carbocycles. The molecular weight excluding hydrogens is 366 g/mol. The average Bonchev–Trinajstić information content (AvgIpc) is 3.04. The Bertz CT molecular complexity index is 734. The molecule has 4 aliphatic rings. The van der Waals surface area contributed by atoms with Crippen molar-refractivity contribution in [1.29, 1.82) is 0 Å². The Morgan fingerprint density at radius 2 is 1.76 bits per heavy atom. The summed E-state index contributed by atoms with van der Waals surface area (Å²) in [4.78, 5) is 25.5. The maximum absolute atomic E-state index is 13.1. The molecule has 158 valence electrons. The summed E-state index contributed by atoms with van der Waals surface area (Å²) < 4.78 is 11.5. The first-order chi connectivity index (χ1) is 13.7. The van der Waals surface area contributed by atoms with E-state index in [1.807, 2.05) is 51.1 Å². The van der Waals surface area contributed by atoms with Crippen molar-refractivity contribution in [1.82, 2.24) is 5.32 Å². The van der Waals surface area contributed by atoms with E-state index in [1.165, 1.54) is 12.8 Å². The van der Waals surface area contributed by atoms with Crippen LogP contribution in [0.15, 0.2) is 30.3 Å². The van der Waals surface area contributed by atoms with E-state index >= 15 is 0 Å². The summed E-state index contributed by atoms with van der Waals surface area (Å²) in [6.07, 6.45) is 6.21. The molecule has 4 bridgehead atoms. The van der Waals surface area contributed by atoms with E-state index in [2.05, 4.69) is 5.32 Å². The van der Waals surface area contributed by atoms with Crippen molar-refractivity contribution in [2.45, 2.75) is 83.0 Å². The van der Waals surface area contributed by atoms with Crippen molar-refractivity contribution in [2.24, 2.45) is 17.8 Å². The van der Waals surface area contributed by atoms with Crippen LogP contribution < -0.4 is 5.32 Å². The number of aryl methyl sites for hydroxylation is 1. The third-order valence-electron chi connectivity index (χ3n) is 6.73. The molecule has 4 fully saturated rings. The molecule has 0 saturated heterocycles. The van der Waals surface area contributed by atoms with Gasteiger partial charge in [0.2, 0.25) is 0 Å². The first-order valence-corrected chi connectivity index (χ1v) is 11.0. The molecule has 4 aliphatic carbocycles. The van der Waals surface area contributed by atoms with Crippen LogP contribution in [0.1, 0.15) is 64.9 Å².